The van der Waals surface area contributed by atoms with Gasteiger partial charge in [0, 0.05) is 24.3 Å². The van der Waals surface area contributed by atoms with Crippen molar-refractivity contribution >= 4 is 15.7 Å². The van der Waals surface area contributed by atoms with E-state index in [-0.39, 0.29) is 23.7 Å². The van der Waals surface area contributed by atoms with Crippen LogP contribution >= 0.6 is 0 Å². The molecule has 0 saturated heterocycles. The van der Waals surface area contributed by atoms with Gasteiger partial charge in [-0.2, -0.15) is 0 Å². The van der Waals surface area contributed by atoms with Gasteiger partial charge in [-0.3, -0.25) is 4.79 Å². The molecule has 1 aliphatic rings. The van der Waals surface area contributed by atoms with Crippen LogP contribution in [0.1, 0.15) is 43.7 Å². The fraction of sp³-hybridized carbons (Fsp3) is 0.562. The van der Waals surface area contributed by atoms with Crippen LogP contribution in [0.5, 0.6) is 0 Å². The standard InChI is InChI=1S/C16H21F2NO3S/c1-23(21,22)9-8-15(20)19-16(11-4-2-3-5-11)13-7-6-12(17)10-14(13)18/h6-7,10-11,16H,2-5,8-9H2,1H3,(H,19,20). The second-order valence-electron chi connectivity index (χ2n) is 6.14. The zero-order valence-electron chi connectivity index (χ0n) is 13.0. The average Bonchev–Trinajstić information content (AvgIpc) is 2.96. The van der Waals surface area contributed by atoms with Crippen molar-refractivity contribution in [2.24, 2.45) is 5.92 Å². The maximum absolute atomic E-state index is 14.1. The molecule has 23 heavy (non-hydrogen) atoms. The Morgan fingerprint density at radius 3 is 2.52 bits per heavy atom. The molecule has 1 fully saturated rings. The van der Waals surface area contributed by atoms with Crippen LogP contribution in [-0.4, -0.2) is 26.3 Å². The van der Waals surface area contributed by atoms with Gasteiger partial charge in [0.25, 0.3) is 0 Å². The van der Waals surface area contributed by atoms with E-state index in [1.165, 1.54) is 12.1 Å². The first-order valence-electron chi connectivity index (χ1n) is 7.68. The Labute approximate surface area is 135 Å². The summed E-state index contributed by atoms with van der Waals surface area (Å²) < 4.78 is 49.5. The number of sulfone groups is 1. The monoisotopic (exact) mass is 345 g/mol. The highest BCUT2D eigenvalue weighted by molar-refractivity contribution is 7.90. The average molecular weight is 345 g/mol. The molecule has 0 bridgehead atoms. The molecule has 0 heterocycles. The van der Waals surface area contributed by atoms with E-state index >= 15 is 0 Å². The first-order chi connectivity index (χ1) is 10.8. The van der Waals surface area contributed by atoms with Gasteiger partial charge in [0.05, 0.1) is 11.8 Å². The van der Waals surface area contributed by atoms with E-state index in [1.807, 2.05) is 0 Å². The van der Waals surface area contributed by atoms with Crippen molar-refractivity contribution in [1.29, 1.82) is 0 Å². The number of rotatable bonds is 6. The Bertz CT molecular complexity index is 670. The second-order valence-corrected chi connectivity index (χ2v) is 8.40. The summed E-state index contributed by atoms with van der Waals surface area (Å²) in [5, 5.41) is 2.74. The third-order valence-electron chi connectivity index (χ3n) is 4.19. The van der Waals surface area contributed by atoms with Gasteiger partial charge in [-0.1, -0.05) is 18.9 Å². The number of carbonyl (C=O) groups is 1. The molecular weight excluding hydrogens is 324 g/mol. The summed E-state index contributed by atoms with van der Waals surface area (Å²) in [7, 11) is -3.24. The Kier molecular flexibility index (Phi) is 5.73. The Morgan fingerprint density at radius 1 is 1.30 bits per heavy atom. The largest absolute Gasteiger partial charge is 0.349 e. The fourth-order valence-electron chi connectivity index (χ4n) is 3.02. The number of hydrogen-bond acceptors (Lipinski definition) is 3. The molecule has 2 rings (SSSR count). The van der Waals surface area contributed by atoms with Crippen LogP contribution in [0, 0.1) is 17.6 Å². The van der Waals surface area contributed by atoms with Crippen LogP contribution in [0.2, 0.25) is 0 Å². The van der Waals surface area contributed by atoms with E-state index in [9.17, 15) is 22.0 Å². The predicted octanol–water partition coefficient (Wildman–Crippen LogP) is 2.75. The zero-order chi connectivity index (χ0) is 17.0. The Balaban J connectivity index is 2.16. The summed E-state index contributed by atoms with van der Waals surface area (Å²) in [6.07, 6.45) is 4.62. The topological polar surface area (TPSA) is 63.2 Å². The van der Waals surface area contributed by atoms with Crippen LogP contribution in [0.3, 0.4) is 0 Å². The van der Waals surface area contributed by atoms with Gasteiger partial charge in [-0.25, -0.2) is 17.2 Å². The molecule has 1 aliphatic carbocycles. The molecule has 0 aliphatic heterocycles. The van der Waals surface area contributed by atoms with Gasteiger partial charge < -0.3 is 5.32 Å². The minimum absolute atomic E-state index is 0.0807. The van der Waals surface area contributed by atoms with E-state index in [0.717, 1.165) is 38.0 Å². The van der Waals surface area contributed by atoms with Crippen LogP contribution in [0.4, 0.5) is 8.78 Å². The summed E-state index contributed by atoms with van der Waals surface area (Å²) >= 11 is 0. The molecule has 0 spiro atoms. The summed E-state index contributed by atoms with van der Waals surface area (Å²) in [4.78, 5) is 12.0. The van der Waals surface area contributed by atoms with E-state index < -0.39 is 33.4 Å². The molecule has 1 aromatic rings. The normalized spacial score (nSPS) is 17.2. The van der Waals surface area contributed by atoms with E-state index in [4.69, 9.17) is 0 Å². The Morgan fingerprint density at radius 2 is 1.96 bits per heavy atom. The lowest BCUT2D eigenvalue weighted by molar-refractivity contribution is -0.121. The summed E-state index contributed by atoms with van der Waals surface area (Å²) in [6, 6.07) is 2.78. The van der Waals surface area contributed by atoms with E-state index in [1.54, 1.807) is 0 Å². The summed E-state index contributed by atoms with van der Waals surface area (Å²) in [6.45, 7) is 0. The highest BCUT2D eigenvalue weighted by Crippen LogP contribution is 2.36. The SMILES string of the molecule is CS(=O)(=O)CCC(=O)NC(c1ccc(F)cc1F)C1CCCC1. The van der Waals surface area contributed by atoms with Gasteiger partial charge in [0.1, 0.15) is 21.5 Å². The maximum atomic E-state index is 14.1. The van der Waals surface area contributed by atoms with Crippen molar-refractivity contribution in [3.8, 4) is 0 Å². The minimum atomic E-state index is -3.24. The molecule has 7 heteroatoms. The zero-order valence-corrected chi connectivity index (χ0v) is 13.8. The minimum Gasteiger partial charge on any atom is -0.349 e. The van der Waals surface area contributed by atoms with Gasteiger partial charge in [0.2, 0.25) is 5.91 Å². The molecule has 1 unspecified atom stereocenters. The first-order valence-corrected chi connectivity index (χ1v) is 9.74. The third kappa shape index (κ3) is 5.27. The molecule has 1 aromatic carbocycles. The van der Waals surface area contributed by atoms with Crippen molar-refractivity contribution < 1.29 is 22.0 Å². The molecule has 1 saturated carbocycles. The van der Waals surface area contributed by atoms with Gasteiger partial charge in [-0.05, 0) is 24.8 Å². The first kappa shape index (κ1) is 17.8. The number of carbonyl (C=O) groups excluding carboxylic acids is 1. The number of hydrogen-bond donors (Lipinski definition) is 1. The maximum Gasteiger partial charge on any atom is 0.221 e. The summed E-state index contributed by atoms with van der Waals surface area (Å²) in [5.41, 5.74) is 0.256. The smallest absolute Gasteiger partial charge is 0.221 e. The quantitative estimate of drug-likeness (QED) is 0.862. The van der Waals surface area contributed by atoms with Crippen molar-refractivity contribution in [3.63, 3.8) is 0 Å². The van der Waals surface area contributed by atoms with Crippen molar-refractivity contribution in [2.75, 3.05) is 12.0 Å². The van der Waals surface area contributed by atoms with Crippen LogP contribution in [-0.2, 0) is 14.6 Å². The number of amides is 1. The molecule has 4 nitrogen and oxygen atoms in total. The fourth-order valence-corrected chi connectivity index (χ4v) is 3.57. The van der Waals surface area contributed by atoms with Gasteiger partial charge in [0.15, 0.2) is 0 Å². The number of nitrogens with one attached hydrogen (secondary N) is 1. The molecular formula is C16H21F2NO3S. The van der Waals surface area contributed by atoms with Gasteiger partial charge in [-0.15, -0.1) is 0 Å². The van der Waals surface area contributed by atoms with E-state index in [0.29, 0.717) is 0 Å². The van der Waals surface area contributed by atoms with Gasteiger partial charge >= 0.3 is 0 Å². The molecule has 0 aromatic heterocycles. The molecule has 1 atom stereocenters. The van der Waals surface area contributed by atoms with Crippen LogP contribution in [0.15, 0.2) is 18.2 Å². The number of halogens is 2. The lowest BCUT2D eigenvalue weighted by atomic mass is 9.91. The van der Waals surface area contributed by atoms with Crippen molar-refractivity contribution in [1.82, 2.24) is 5.32 Å². The number of benzene rings is 1. The van der Waals surface area contributed by atoms with Crippen LogP contribution in [0.25, 0.3) is 0 Å². The molecule has 1 N–H and O–H groups in total. The molecule has 1 amide bonds. The van der Waals surface area contributed by atoms with E-state index in [2.05, 4.69) is 5.32 Å². The molecule has 0 radical (unpaired) electrons. The second kappa shape index (κ2) is 7.38. The highest BCUT2D eigenvalue weighted by atomic mass is 32.2. The summed E-state index contributed by atoms with van der Waals surface area (Å²) in [5.74, 6) is -1.96. The van der Waals surface area contributed by atoms with Crippen molar-refractivity contribution in [2.45, 2.75) is 38.1 Å². The lowest BCUT2D eigenvalue weighted by Gasteiger charge is -2.25. The van der Waals surface area contributed by atoms with Crippen LogP contribution < -0.4 is 5.32 Å². The third-order valence-corrected chi connectivity index (χ3v) is 5.13. The van der Waals surface area contributed by atoms with Crippen molar-refractivity contribution in [3.05, 3.63) is 35.4 Å². The lowest BCUT2D eigenvalue weighted by Crippen LogP contribution is -2.34. The predicted molar refractivity (Wildman–Crippen MR) is 83.5 cm³/mol. The Hall–Kier alpha value is -1.50. The highest BCUT2D eigenvalue weighted by Gasteiger charge is 2.29. The molecule has 128 valence electrons.